The van der Waals surface area contributed by atoms with Gasteiger partial charge >= 0.3 is 5.97 Å². The molecule has 0 unspecified atom stereocenters. The first-order chi connectivity index (χ1) is 4.06. The lowest BCUT2D eigenvalue weighted by Crippen LogP contribution is -2.03. The van der Waals surface area contributed by atoms with E-state index < -0.39 is 5.97 Å². The molecule has 0 aromatic rings. The lowest BCUT2D eigenvalue weighted by atomic mass is 10.2. The molecule has 0 aromatic carbocycles. The summed E-state index contributed by atoms with van der Waals surface area (Å²) in [5.41, 5.74) is 0. The topological polar surface area (TPSA) is 54.4 Å². The Morgan fingerprint density at radius 1 is 1.67 bits per heavy atom. The summed E-state index contributed by atoms with van der Waals surface area (Å²) in [5, 5.41) is 7.99. The van der Waals surface area contributed by atoms with Gasteiger partial charge in [-0.3, -0.25) is 4.79 Å². The van der Waals surface area contributed by atoms with Crippen molar-refractivity contribution >= 4 is 11.9 Å². The number of carbonyl (C=O) groups is 1. The molecule has 0 aliphatic heterocycles. The van der Waals surface area contributed by atoms with Gasteiger partial charge in [0.2, 0.25) is 0 Å². The Bertz CT molecular complexity index is 109. The van der Waals surface area contributed by atoms with Gasteiger partial charge in [0.15, 0.2) is 0 Å². The van der Waals surface area contributed by atoms with Gasteiger partial charge in [0, 0.05) is 0 Å². The summed E-state index contributed by atoms with van der Waals surface area (Å²) in [7, 11) is 0. The summed E-state index contributed by atoms with van der Waals surface area (Å²) in [6.45, 7) is 5.96. The molecule has 0 saturated carbocycles. The van der Waals surface area contributed by atoms with Crippen LogP contribution in [0.3, 0.4) is 0 Å². The minimum atomic E-state index is -0.741. The van der Waals surface area contributed by atoms with Crippen molar-refractivity contribution in [3.8, 4) is 0 Å². The number of carboxylic acid groups (broad SMARTS) is 1. The maximum atomic E-state index is 9.70. The molecular weight excluding hydrogens is 120 g/mol. The maximum Gasteiger partial charge on any atom is 0.305 e. The summed E-state index contributed by atoms with van der Waals surface area (Å²) < 4.78 is 0. The summed E-state index contributed by atoms with van der Waals surface area (Å²) in [6.07, 6.45) is 0. The fourth-order valence-electron chi connectivity index (χ4n) is 0. The van der Waals surface area contributed by atoms with Gasteiger partial charge in [-0.2, -0.15) is 0 Å². The predicted octanol–water partition coefficient (Wildman–Crippen LogP) is 0.731. The van der Waals surface area contributed by atoms with Crippen LogP contribution < -0.4 is 0 Å². The second-order valence-electron chi connectivity index (χ2n) is 1.64. The molecule has 0 aromatic heterocycles. The van der Waals surface area contributed by atoms with Gasteiger partial charge in [0.1, 0.15) is 5.94 Å². The van der Waals surface area contributed by atoms with Crippen LogP contribution in [0.1, 0.15) is 13.8 Å². The predicted molar refractivity (Wildman–Crippen MR) is 33.8 cm³/mol. The second kappa shape index (κ2) is 6.92. The first-order valence-electron chi connectivity index (χ1n) is 2.43. The van der Waals surface area contributed by atoms with Crippen molar-refractivity contribution in [1.82, 2.24) is 0 Å². The van der Waals surface area contributed by atoms with E-state index in [4.69, 9.17) is 9.90 Å². The molecule has 0 atom stereocenters. The van der Waals surface area contributed by atoms with Crippen LogP contribution in [0, 0.1) is 5.92 Å². The molecular formula is C6H10O3. The fourth-order valence-corrected chi connectivity index (χ4v) is 0. The molecule has 0 spiro atoms. The van der Waals surface area contributed by atoms with Crippen molar-refractivity contribution in [3.05, 3.63) is 6.58 Å². The third-order valence-electron chi connectivity index (χ3n) is 0.494. The van der Waals surface area contributed by atoms with Crippen LogP contribution in [0.15, 0.2) is 6.58 Å². The normalized spacial score (nSPS) is 7.00. The molecule has 0 rings (SSSR count). The lowest BCUT2D eigenvalue weighted by molar-refractivity contribution is -0.140. The van der Waals surface area contributed by atoms with Crippen LogP contribution in [0.4, 0.5) is 0 Å². The zero-order valence-corrected chi connectivity index (χ0v) is 5.55. The Balaban J connectivity index is 0. The molecule has 1 N–H and O–H groups in total. The number of hydrogen-bond acceptors (Lipinski definition) is 2. The summed E-state index contributed by atoms with van der Waals surface area (Å²) in [5.74, 6) is 0.278. The number of carboxylic acids is 1. The van der Waals surface area contributed by atoms with Crippen LogP contribution in [0.2, 0.25) is 0 Å². The number of hydrogen-bond donors (Lipinski definition) is 1. The Hall–Kier alpha value is -1.08. The highest BCUT2D eigenvalue weighted by molar-refractivity contribution is 5.68. The molecule has 0 radical (unpaired) electrons. The van der Waals surface area contributed by atoms with E-state index in [0.29, 0.717) is 0 Å². The van der Waals surface area contributed by atoms with Crippen LogP contribution >= 0.6 is 0 Å². The van der Waals surface area contributed by atoms with Gasteiger partial charge < -0.3 is 5.11 Å². The van der Waals surface area contributed by atoms with E-state index in [2.05, 4.69) is 6.58 Å². The standard InChI is InChI=1S/C4H8O2.C2H2O/c1-3(2)4(5)6;1-2-3/h3H,1-2H3,(H,5,6);1H2. The lowest BCUT2D eigenvalue weighted by Gasteiger charge is -1.89. The van der Waals surface area contributed by atoms with E-state index in [0.717, 1.165) is 0 Å². The first kappa shape index (κ1) is 10.8. The van der Waals surface area contributed by atoms with E-state index in [1.54, 1.807) is 13.8 Å². The van der Waals surface area contributed by atoms with Crippen molar-refractivity contribution in [2.75, 3.05) is 0 Å². The first-order valence-corrected chi connectivity index (χ1v) is 2.43. The molecule has 3 nitrogen and oxygen atoms in total. The van der Waals surface area contributed by atoms with Crippen molar-refractivity contribution < 1.29 is 14.7 Å². The third-order valence-corrected chi connectivity index (χ3v) is 0.494. The SMILES string of the molecule is C=C=O.CC(C)C(=O)O. The quantitative estimate of drug-likeness (QED) is 0.532. The van der Waals surface area contributed by atoms with Crippen LogP contribution in [0.5, 0.6) is 0 Å². The van der Waals surface area contributed by atoms with E-state index in [9.17, 15) is 4.79 Å². The molecule has 0 heterocycles. The zero-order chi connectivity index (χ0) is 7.86. The summed E-state index contributed by atoms with van der Waals surface area (Å²) in [6, 6.07) is 0. The smallest absolute Gasteiger partial charge is 0.305 e. The van der Waals surface area contributed by atoms with E-state index in [1.165, 1.54) is 5.94 Å². The highest BCUT2D eigenvalue weighted by atomic mass is 16.4. The van der Waals surface area contributed by atoms with Gasteiger partial charge in [-0.1, -0.05) is 13.8 Å². The van der Waals surface area contributed by atoms with Gasteiger partial charge in [-0.05, 0) is 6.58 Å². The number of carbonyl (C=O) groups excluding carboxylic acids is 1. The van der Waals surface area contributed by atoms with Crippen LogP contribution in [0.25, 0.3) is 0 Å². The molecule has 3 heteroatoms. The van der Waals surface area contributed by atoms with Gasteiger partial charge in [0.25, 0.3) is 0 Å². The van der Waals surface area contributed by atoms with Gasteiger partial charge in [0.05, 0.1) is 5.92 Å². The minimum absolute atomic E-state index is 0.231. The van der Waals surface area contributed by atoms with Crippen molar-refractivity contribution in [2.45, 2.75) is 13.8 Å². The number of rotatable bonds is 1. The van der Waals surface area contributed by atoms with Crippen molar-refractivity contribution in [2.24, 2.45) is 5.92 Å². The summed E-state index contributed by atoms with van der Waals surface area (Å²) >= 11 is 0. The van der Waals surface area contributed by atoms with Gasteiger partial charge in [-0.25, -0.2) is 4.79 Å². The average Bonchev–Trinajstić information content (AvgIpc) is 1.68. The Kier molecular flexibility index (Phi) is 8.32. The van der Waals surface area contributed by atoms with E-state index in [1.807, 2.05) is 0 Å². The van der Waals surface area contributed by atoms with E-state index >= 15 is 0 Å². The number of aliphatic carboxylic acids is 1. The van der Waals surface area contributed by atoms with Crippen LogP contribution in [-0.2, 0) is 9.59 Å². The minimum Gasteiger partial charge on any atom is -0.481 e. The second-order valence-corrected chi connectivity index (χ2v) is 1.64. The molecule has 0 aliphatic carbocycles. The van der Waals surface area contributed by atoms with Gasteiger partial charge in [-0.15, -0.1) is 0 Å². The Morgan fingerprint density at radius 3 is 1.78 bits per heavy atom. The molecule has 0 saturated heterocycles. The van der Waals surface area contributed by atoms with E-state index in [-0.39, 0.29) is 5.92 Å². The summed E-state index contributed by atoms with van der Waals surface area (Å²) in [4.78, 5) is 18.3. The molecule has 0 bridgehead atoms. The van der Waals surface area contributed by atoms with Crippen molar-refractivity contribution in [3.63, 3.8) is 0 Å². The maximum absolute atomic E-state index is 9.70. The third kappa shape index (κ3) is 19.6. The molecule has 52 valence electrons. The van der Waals surface area contributed by atoms with Crippen LogP contribution in [-0.4, -0.2) is 17.0 Å². The molecule has 0 aliphatic rings. The van der Waals surface area contributed by atoms with Crippen molar-refractivity contribution in [1.29, 1.82) is 0 Å². The highest BCUT2D eigenvalue weighted by Crippen LogP contribution is 1.87. The fraction of sp³-hybridized carbons (Fsp3) is 0.500. The highest BCUT2D eigenvalue weighted by Gasteiger charge is 1.99. The average molecular weight is 130 g/mol. The Labute approximate surface area is 54.0 Å². The monoisotopic (exact) mass is 130 g/mol. The molecule has 0 amide bonds. The molecule has 0 fully saturated rings. The zero-order valence-electron chi connectivity index (χ0n) is 5.55. The largest absolute Gasteiger partial charge is 0.481 e. The Morgan fingerprint density at radius 2 is 1.78 bits per heavy atom. The molecule has 9 heavy (non-hydrogen) atoms.